The number of carbonyl (C=O) groups is 2. The Balaban J connectivity index is 2.57. The smallest absolute Gasteiger partial charge is 0.352 e. The van der Waals surface area contributed by atoms with E-state index in [4.69, 9.17) is 25.5 Å². The fourth-order valence-corrected chi connectivity index (χ4v) is 2.60. The molecule has 0 saturated carbocycles. The van der Waals surface area contributed by atoms with E-state index in [-0.39, 0.29) is 18.7 Å². The number of azide groups is 1. The third-order valence-corrected chi connectivity index (χ3v) is 4.04. The summed E-state index contributed by atoms with van der Waals surface area (Å²) < 4.78 is 31.9. The molecule has 2 heterocycles. The number of rotatable bonds is 7. The monoisotopic (exact) mass is 398 g/mol. The molecule has 2 N–H and O–H groups in total. The molecule has 0 amide bonds. The summed E-state index contributed by atoms with van der Waals surface area (Å²) in [5.74, 6) is -4.48. The third kappa shape index (κ3) is 3.89. The van der Waals surface area contributed by atoms with E-state index >= 15 is 4.39 Å². The number of aromatic nitrogens is 2. The number of hydrogen-bond acceptors (Lipinski definition) is 9. The predicted molar refractivity (Wildman–Crippen MR) is 91.2 cm³/mol. The van der Waals surface area contributed by atoms with Crippen LogP contribution in [0.25, 0.3) is 10.4 Å². The van der Waals surface area contributed by atoms with Gasteiger partial charge in [-0.05, 0) is 11.6 Å². The molecule has 1 saturated heterocycles. The van der Waals surface area contributed by atoms with E-state index in [0.717, 1.165) is 12.3 Å². The van der Waals surface area contributed by atoms with Gasteiger partial charge in [-0.15, -0.1) is 0 Å². The van der Waals surface area contributed by atoms with Crippen LogP contribution in [-0.2, 0) is 29.6 Å². The molecule has 1 fully saturated rings. The van der Waals surface area contributed by atoms with Crippen LogP contribution in [0.15, 0.2) is 22.2 Å². The van der Waals surface area contributed by atoms with Crippen molar-refractivity contribution in [1.82, 2.24) is 9.55 Å². The lowest BCUT2D eigenvalue weighted by molar-refractivity contribution is -0.179. The van der Waals surface area contributed by atoms with Crippen molar-refractivity contribution in [2.75, 3.05) is 18.9 Å². The highest BCUT2D eigenvalue weighted by molar-refractivity contribution is 5.70. The van der Waals surface area contributed by atoms with Crippen LogP contribution >= 0.6 is 0 Å². The molecule has 3 atom stereocenters. The number of anilines is 1. The number of hydrogen-bond donors (Lipinski definition) is 1. The minimum atomic E-state index is -2.80. The van der Waals surface area contributed by atoms with Gasteiger partial charge in [-0.2, -0.15) is 4.98 Å². The molecule has 28 heavy (non-hydrogen) atoms. The highest BCUT2D eigenvalue weighted by Crippen LogP contribution is 2.43. The van der Waals surface area contributed by atoms with Crippen molar-refractivity contribution in [2.24, 2.45) is 5.11 Å². The van der Waals surface area contributed by atoms with Crippen LogP contribution in [-0.4, -0.2) is 46.5 Å². The number of nitrogen functional groups attached to an aromatic ring is 1. The molecule has 12 nitrogen and oxygen atoms in total. The van der Waals surface area contributed by atoms with Crippen LogP contribution in [0.5, 0.6) is 0 Å². The van der Waals surface area contributed by atoms with Gasteiger partial charge in [-0.1, -0.05) is 19.0 Å². The summed E-state index contributed by atoms with van der Waals surface area (Å²) in [5, 5.41) is 3.40. The number of halogens is 1. The molecule has 2 rings (SSSR count). The Bertz CT molecular complexity index is 871. The summed E-state index contributed by atoms with van der Waals surface area (Å²) in [7, 11) is 0. The molecule has 0 aliphatic carbocycles. The van der Waals surface area contributed by atoms with Crippen LogP contribution in [0.2, 0.25) is 0 Å². The minimum absolute atomic E-state index is 0.00608. The number of ether oxygens (including phenoxy) is 3. The Hall–Kier alpha value is -3.18. The van der Waals surface area contributed by atoms with Crippen molar-refractivity contribution in [3.05, 3.63) is 33.2 Å². The molecule has 0 unspecified atom stereocenters. The Labute approximate surface area is 158 Å². The van der Waals surface area contributed by atoms with E-state index in [2.05, 4.69) is 15.0 Å². The van der Waals surface area contributed by atoms with Gasteiger partial charge in [0.1, 0.15) is 19.0 Å². The van der Waals surface area contributed by atoms with Crippen LogP contribution in [0.4, 0.5) is 10.2 Å². The van der Waals surface area contributed by atoms with Gasteiger partial charge in [0, 0.05) is 24.0 Å². The van der Waals surface area contributed by atoms with Crippen molar-refractivity contribution >= 4 is 17.8 Å². The molecule has 1 aliphatic heterocycles. The van der Waals surface area contributed by atoms with Gasteiger partial charge in [0.15, 0.2) is 6.10 Å². The van der Waals surface area contributed by atoms with E-state index in [1.165, 1.54) is 13.8 Å². The predicted octanol–water partition coefficient (Wildman–Crippen LogP) is 0.760. The van der Waals surface area contributed by atoms with Gasteiger partial charge in [0.25, 0.3) is 5.79 Å². The lowest BCUT2D eigenvalue weighted by atomic mass is 10.0. The molecule has 13 heteroatoms. The molecular weight excluding hydrogens is 379 g/mol. The first kappa shape index (κ1) is 21.1. The molecule has 1 aromatic heterocycles. The average molecular weight is 398 g/mol. The number of nitrogens with two attached hydrogens (primary N) is 1. The van der Waals surface area contributed by atoms with Crippen molar-refractivity contribution < 1.29 is 28.2 Å². The summed E-state index contributed by atoms with van der Waals surface area (Å²) in [6, 6.07) is 1.16. The second-order valence-electron chi connectivity index (χ2n) is 5.88. The Morgan fingerprint density at radius 1 is 1.50 bits per heavy atom. The second-order valence-corrected chi connectivity index (χ2v) is 5.88. The van der Waals surface area contributed by atoms with Crippen LogP contribution in [0, 0.1) is 0 Å². The quantitative estimate of drug-likeness (QED) is 0.303. The number of carbonyl (C=O) groups excluding carboxylic acids is 2. The average Bonchev–Trinajstić information content (AvgIpc) is 2.93. The lowest BCUT2D eigenvalue weighted by Gasteiger charge is -2.33. The maximum atomic E-state index is 16.0. The van der Waals surface area contributed by atoms with E-state index < -0.39 is 48.5 Å². The molecule has 152 valence electrons. The molecular formula is C15H19FN6O6. The van der Waals surface area contributed by atoms with Gasteiger partial charge in [0.2, 0.25) is 5.72 Å². The van der Waals surface area contributed by atoms with Crippen molar-refractivity contribution in [2.45, 2.75) is 44.3 Å². The number of nitrogens with zero attached hydrogens (tertiary/aromatic N) is 5. The van der Waals surface area contributed by atoms with Crippen LogP contribution < -0.4 is 11.4 Å². The zero-order valence-corrected chi connectivity index (χ0v) is 15.2. The first-order valence-corrected chi connectivity index (χ1v) is 8.32. The van der Waals surface area contributed by atoms with E-state index in [9.17, 15) is 14.4 Å². The number of esters is 2. The molecule has 0 bridgehead atoms. The Morgan fingerprint density at radius 2 is 2.18 bits per heavy atom. The highest BCUT2D eigenvalue weighted by Gasteiger charge is 2.64. The van der Waals surface area contributed by atoms with Crippen LogP contribution in [0.1, 0.15) is 26.7 Å². The Morgan fingerprint density at radius 3 is 2.75 bits per heavy atom. The van der Waals surface area contributed by atoms with Crippen LogP contribution in [0.3, 0.4) is 0 Å². The third-order valence-electron chi connectivity index (χ3n) is 4.04. The molecule has 1 aliphatic rings. The van der Waals surface area contributed by atoms with Gasteiger partial charge < -0.3 is 19.9 Å². The molecule has 1 aromatic rings. The first-order chi connectivity index (χ1) is 13.2. The molecule has 0 aromatic carbocycles. The zero-order valence-electron chi connectivity index (χ0n) is 15.2. The maximum Gasteiger partial charge on any atom is 0.352 e. The number of alkyl halides is 1. The SMILES string of the molecule is CCC(=O)OC[C@@]1(N=[N+]=[N-])OC[C@](F)(n2ccc(N)nc2=O)[C@@H]1OC(=O)CC. The highest BCUT2D eigenvalue weighted by atomic mass is 19.1. The van der Waals surface area contributed by atoms with Gasteiger partial charge in [-0.25, -0.2) is 9.18 Å². The van der Waals surface area contributed by atoms with Gasteiger partial charge >= 0.3 is 17.6 Å². The van der Waals surface area contributed by atoms with E-state index in [1.807, 2.05) is 0 Å². The van der Waals surface area contributed by atoms with E-state index in [0.29, 0.717) is 4.57 Å². The second kappa shape index (κ2) is 8.23. The van der Waals surface area contributed by atoms with Gasteiger partial charge in [-0.3, -0.25) is 14.2 Å². The summed E-state index contributed by atoms with van der Waals surface area (Å²) >= 11 is 0. The molecule has 0 spiro atoms. The fourth-order valence-electron chi connectivity index (χ4n) is 2.60. The van der Waals surface area contributed by atoms with Crippen molar-refractivity contribution in [1.29, 1.82) is 0 Å². The minimum Gasteiger partial charge on any atom is -0.462 e. The topological polar surface area (TPSA) is 171 Å². The summed E-state index contributed by atoms with van der Waals surface area (Å²) in [6.07, 6.45) is -1.07. The standard InChI is InChI=1S/C15H19FN6O6/c1-3-10(23)26-8-15(20-21-18)12(28-11(24)4-2)14(16,7-27-15)22-6-5-9(17)19-13(22)25/h5-6,12H,3-4,7-8H2,1-2H3,(H2,17,19,25)/t12-,14-,15+/m0/s1. The Kier molecular flexibility index (Phi) is 6.21. The zero-order chi connectivity index (χ0) is 20.9. The summed E-state index contributed by atoms with van der Waals surface area (Å²) in [5.41, 5.74) is 11.0. The maximum absolute atomic E-state index is 16.0. The normalized spacial score (nSPS) is 26.3. The first-order valence-electron chi connectivity index (χ1n) is 8.32. The largest absolute Gasteiger partial charge is 0.462 e. The van der Waals surface area contributed by atoms with Gasteiger partial charge in [0.05, 0.1) is 0 Å². The lowest BCUT2D eigenvalue weighted by Crippen LogP contribution is -2.55. The summed E-state index contributed by atoms with van der Waals surface area (Å²) in [6.45, 7) is 1.41. The van der Waals surface area contributed by atoms with E-state index in [1.54, 1.807) is 0 Å². The van der Waals surface area contributed by atoms with Crippen molar-refractivity contribution in [3.8, 4) is 0 Å². The van der Waals surface area contributed by atoms with Crippen molar-refractivity contribution in [3.63, 3.8) is 0 Å². The summed E-state index contributed by atoms with van der Waals surface area (Å²) in [4.78, 5) is 41.6. The fraction of sp³-hybridized carbons (Fsp3) is 0.600. The molecule has 0 radical (unpaired) electrons.